The first-order chi connectivity index (χ1) is 10.8. The predicted octanol–water partition coefficient (Wildman–Crippen LogP) is 2.57. The molecule has 0 unspecified atom stereocenters. The van der Waals surface area contributed by atoms with Gasteiger partial charge in [0.15, 0.2) is 11.5 Å². The van der Waals surface area contributed by atoms with Crippen LogP contribution in [0, 0.1) is 6.92 Å². The van der Waals surface area contributed by atoms with Crippen molar-refractivity contribution in [2.75, 3.05) is 13.2 Å². The highest BCUT2D eigenvalue weighted by molar-refractivity contribution is 5.69. The van der Waals surface area contributed by atoms with Crippen LogP contribution in [0.1, 0.15) is 11.3 Å². The molecule has 112 valence electrons. The second-order valence-corrected chi connectivity index (χ2v) is 5.33. The van der Waals surface area contributed by atoms with Gasteiger partial charge in [0, 0.05) is 17.5 Å². The van der Waals surface area contributed by atoms with Gasteiger partial charge in [-0.1, -0.05) is 0 Å². The van der Waals surface area contributed by atoms with Gasteiger partial charge < -0.3 is 19.0 Å². The van der Waals surface area contributed by atoms with Gasteiger partial charge in [-0.2, -0.15) is 0 Å². The first-order valence-electron chi connectivity index (χ1n) is 7.25. The summed E-state index contributed by atoms with van der Waals surface area (Å²) in [5, 5.41) is 9.26. The molecule has 5 heteroatoms. The molecule has 2 aromatic heterocycles. The van der Waals surface area contributed by atoms with Crippen molar-refractivity contribution in [1.29, 1.82) is 0 Å². The molecule has 0 saturated heterocycles. The third-order valence-electron chi connectivity index (χ3n) is 3.93. The molecule has 1 aliphatic rings. The van der Waals surface area contributed by atoms with Crippen LogP contribution in [0.25, 0.3) is 16.9 Å². The number of aryl methyl sites for hydroxylation is 1. The van der Waals surface area contributed by atoms with Crippen LogP contribution in [0.4, 0.5) is 0 Å². The molecular weight excluding hydrogens is 280 g/mol. The summed E-state index contributed by atoms with van der Waals surface area (Å²) in [5.74, 6) is 1.54. The number of imidazole rings is 1. The second-order valence-electron chi connectivity index (χ2n) is 5.33. The molecule has 22 heavy (non-hydrogen) atoms. The van der Waals surface area contributed by atoms with Crippen molar-refractivity contribution >= 4 is 5.65 Å². The number of aliphatic hydroxyl groups excluding tert-OH is 1. The van der Waals surface area contributed by atoms with Crippen LogP contribution in [0.5, 0.6) is 11.5 Å². The van der Waals surface area contributed by atoms with E-state index in [-0.39, 0.29) is 6.61 Å². The molecule has 0 saturated carbocycles. The summed E-state index contributed by atoms with van der Waals surface area (Å²) in [6.07, 6.45) is 1.94. The minimum Gasteiger partial charge on any atom is -0.486 e. The fraction of sp³-hybridized carbons (Fsp3) is 0.235. The predicted molar refractivity (Wildman–Crippen MR) is 82.3 cm³/mol. The summed E-state index contributed by atoms with van der Waals surface area (Å²) in [4.78, 5) is 4.70. The smallest absolute Gasteiger partial charge is 0.162 e. The summed E-state index contributed by atoms with van der Waals surface area (Å²) >= 11 is 0. The van der Waals surface area contributed by atoms with Crippen molar-refractivity contribution in [3.8, 4) is 22.8 Å². The number of benzene rings is 1. The van der Waals surface area contributed by atoms with Gasteiger partial charge in [-0.15, -0.1) is 0 Å². The summed E-state index contributed by atoms with van der Waals surface area (Å²) < 4.78 is 13.2. The molecule has 3 heterocycles. The fourth-order valence-electron chi connectivity index (χ4n) is 2.77. The van der Waals surface area contributed by atoms with E-state index in [9.17, 15) is 5.11 Å². The molecule has 0 bridgehead atoms. The van der Waals surface area contributed by atoms with E-state index in [1.807, 2.05) is 47.9 Å². The molecule has 3 aromatic rings. The van der Waals surface area contributed by atoms with Crippen LogP contribution in [0.2, 0.25) is 0 Å². The SMILES string of the molecule is Cc1c(-c2ccc3c(c2)OCCO3)nc2cc(CO)ccn12. The quantitative estimate of drug-likeness (QED) is 0.789. The lowest BCUT2D eigenvalue weighted by molar-refractivity contribution is 0.171. The van der Waals surface area contributed by atoms with Crippen molar-refractivity contribution in [3.05, 3.63) is 47.8 Å². The highest BCUT2D eigenvalue weighted by Gasteiger charge is 2.16. The van der Waals surface area contributed by atoms with Crippen LogP contribution in [-0.2, 0) is 6.61 Å². The number of rotatable bonds is 2. The van der Waals surface area contributed by atoms with Crippen LogP contribution >= 0.6 is 0 Å². The van der Waals surface area contributed by atoms with E-state index in [1.54, 1.807) is 0 Å². The molecule has 4 rings (SSSR count). The van der Waals surface area contributed by atoms with Gasteiger partial charge in [0.2, 0.25) is 0 Å². The lowest BCUT2D eigenvalue weighted by Crippen LogP contribution is -2.15. The van der Waals surface area contributed by atoms with Crippen molar-refractivity contribution < 1.29 is 14.6 Å². The number of pyridine rings is 1. The van der Waals surface area contributed by atoms with Gasteiger partial charge >= 0.3 is 0 Å². The zero-order valence-electron chi connectivity index (χ0n) is 12.2. The Hall–Kier alpha value is -2.53. The molecule has 0 spiro atoms. The van der Waals surface area contributed by atoms with E-state index < -0.39 is 0 Å². The Morgan fingerprint density at radius 2 is 1.95 bits per heavy atom. The summed E-state index contributed by atoms with van der Waals surface area (Å²) in [7, 11) is 0. The Labute approximate surface area is 127 Å². The maximum absolute atomic E-state index is 9.26. The van der Waals surface area contributed by atoms with E-state index in [4.69, 9.17) is 14.5 Å². The zero-order chi connectivity index (χ0) is 15.1. The number of aromatic nitrogens is 2. The molecule has 1 aromatic carbocycles. The first kappa shape index (κ1) is 13.2. The van der Waals surface area contributed by atoms with Gasteiger partial charge in [-0.3, -0.25) is 0 Å². The third kappa shape index (κ3) is 2.02. The Morgan fingerprint density at radius 1 is 1.14 bits per heavy atom. The monoisotopic (exact) mass is 296 g/mol. The normalized spacial score (nSPS) is 13.5. The van der Waals surface area contributed by atoms with E-state index in [0.29, 0.717) is 13.2 Å². The second kappa shape index (κ2) is 5.03. The number of hydrogen-bond acceptors (Lipinski definition) is 4. The highest BCUT2D eigenvalue weighted by atomic mass is 16.6. The third-order valence-corrected chi connectivity index (χ3v) is 3.93. The summed E-state index contributed by atoms with van der Waals surface area (Å²) in [6.45, 7) is 3.21. The number of fused-ring (bicyclic) bond motifs is 2. The van der Waals surface area contributed by atoms with E-state index >= 15 is 0 Å². The minimum atomic E-state index is 0.0156. The number of nitrogens with zero attached hydrogens (tertiary/aromatic N) is 2. The standard InChI is InChI=1S/C17H16N2O3/c1-11-17(18-16-8-12(10-20)4-5-19(11)16)13-2-3-14-15(9-13)22-7-6-21-14/h2-5,8-9,20H,6-7,10H2,1H3. The average molecular weight is 296 g/mol. The molecule has 0 radical (unpaired) electrons. The van der Waals surface area contributed by atoms with Crippen LogP contribution in [-0.4, -0.2) is 27.7 Å². The van der Waals surface area contributed by atoms with Crippen molar-refractivity contribution in [1.82, 2.24) is 9.38 Å². The summed E-state index contributed by atoms with van der Waals surface area (Å²) in [5.41, 5.74) is 4.64. The summed E-state index contributed by atoms with van der Waals surface area (Å²) in [6, 6.07) is 9.68. The molecule has 1 aliphatic heterocycles. The topological polar surface area (TPSA) is 56.0 Å². The van der Waals surface area contributed by atoms with Crippen LogP contribution in [0.15, 0.2) is 36.5 Å². The van der Waals surface area contributed by atoms with Gasteiger partial charge in [0.05, 0.1) is 12.3 Å². The molecule has 0 amide bonds. The first-order valence-corrected chi connectivity index (χ1v) is 7.25. The van der Waals surface area contributed by atoms with Gasteiger partial charge in [0.1, 0.15) is 18.9 Å². The van der Waals surface area contributed by atoms with Gasteiger partial charge in [0.25, 0.3) is 0 Å². The van der Waals surface area contributed by atoms with Crippen molar-refractivity contribution in [2.24, 2.45) is 0 Å². The maximum atomic E-state index is 9.26. The molecule has 0 atom stereocenters. The molecule has 0 aliphatic carbocycles. The van der Waals surface area contributed by atoms with E-state index in [2.05, 4.69) is 0 Å². The maximum Gasteiger partial charge on any atom is 0.162 e. The molecule has 0 fully saturated rings. The minimum absolute atomic E-state index is 0.0156. The van der Waals surface area contributed by atoms with E-state index in [1.165, 1.54) is 0 Å². The lowest BCUT2D eigenvalue weighted by atomic mass is 10.1. The number of aliphatic hydroxyl groups is 1. The lowest BCUT2D eigenvalue weighted by Gasteiger charge is -2.18. The average Bonchev–Trinajstić information content (AvgIpc) is 2.90. The van der Waals surface area contributed by atoms with E-state index in [0.717, 1.165) is 39.7 Å². The molecule has 5 nitrogen and oxygen atoms in total. The molecular formula is C17H16N2O3. The van der Waals surface area contributed by atoms with Crippen LogP contribution in [0.3, 0.4) is 0 Å². The Bertz CT molecular complexity index is 854. The van der Waals surface area contributed by atoms with Crippen molar-refractivity contribution in [2.45, 2.75) is 13.5 Å². The zero-order valence-corrected chi connectivity index (χ0v) is 12.2. The molecule has 1 N–H and O–H groups in total. The largest absolute Gasteiger partial charge is 0.486 e. The fourth-order valence-corrected chi connectivity index (χ4v) is 2.77. The Balaban J connectivity index is 1.85. The highest BCUT2D eigenvalue weighted by Crippen LogP contribution is 2.35. The Morgan fingerprint density at radius 3 is 2.77 bits per heavy atom. The number of hydrogen-bond donors (Lipinski definition) is 1. The van der Waals surface area contributed by atoms with Crippen LogP contribution < -0.4 is 9.47 Å². The van der Waals surface area contributed by atoms with Gasteiger partial charge in [-0.05, 0) is 42.8 Å². The van der Waals surface area contributed by atoms with Crippen molar-refractivity contribution in [3.63, 3.8) is 0 Å². The van der Waals surface area contributed by atoms with Gasteiger partial charge in [-0.25, -0.2) is 4.98 Å². The Kier molecular flexibility index (Phi) is 3.01. The number of ether oxygens (including phenoxy) is 2.